The zero-order chi connectivity index (χ0) is 10.5. The van der Waals surface area contributed by atoms with E-state index in [-0.39, 0.29) is 0 Å². The molecule has 1 N–H and O–H groups in total. The molecule has 2 rings (SSSR count). The van der Waals surface area contributed by atoms with Gasteiger partial charge in [-0.1, -0.05) is 6.42 Å². The molecule has 2 aliphatic rings. The summed E-state index contributed by atoms with van der Waals surface area (Å²) in [6.07, 6.45) is 5.46. The fraction of sp³-hybridized carbons (Fsp3) is 1.00. The first-order valence-corrected chi connectivity index (χ1v) is 6.33. The molecule has 2 atom stereocenters. The molecule has 2 fully saturated rings. The molecule has 0 aliphatic carbocycles. The fourth-order valence-corrected chi connectivity index (χ4v) is 2.84. The van der Waals surface area contributed by atoms with Gasteiger partial charge < -0.3 is 15.0 Å². The van der Waals surface area contributed by atoms with Crippen LogP contribution in [0.4, 0.5) is 0 Å². The Kier molecular flexibility index (Phi) is 4.42. The molecule has 2 aliphatic heterocycles. The first kappa shape index (κ1) is 11.4. The zero-order valence-electron chi connectivity index (χ0n) is 9.87. The minimum atomic E-state index is 0.750. The van der Waals surface area contributed by atoms with E-state index in [1.165, 1.54) is 51.9 Å². The molecule has 0 saturated carbocycles. The van der Waals surface area contributed by atoms with Crippen LogP contribution in [0.5, 0.6) is 0 Å². The van der Waals surface area contributed by atoms with Gasteiger partial charge in [0.1, 0.15) is 0 Å². The van der Waals surface area contributed by atoms with E-state index in [4.69, 9.17) is 4.74 Å². The predicted octanol–water partition coefficient (Wildman–Crippen LogP) is 1.10. The van der Waals surface area contributed by atoms with Gasteiger partial charge in [0.2, 0.25) is 0 Å². The van der Waals surface area contributed by atoms with Gasteiger partial charge in [0.25, 0.3) is 0 Å². The van der Waals surface area contributed by atoms with Crippen molar-refractivity contribution in [1.82, 2.24) is 10.2 Å². The molecule has 2 heterocycles. The van der Waals surface area contributed by atoms with E-state index < -0.39 is 0 Å². The van der Waals surface area contributed by atoms with Gasteiger partial charge in [0, 0.05) is 26.2 Å². The lowest BCUT2D eigenvalue weighted by molar-refractivity contribution is 0.151. The van der Waals surface area contributed by atoms with Crippen LogP contribution in [-0.2, 0) is 4.74 Å². The van der Waals surface area contributed by atoms with Crippen LogP contribution in [0.1, 0.15) is 25.7 Å². The molecular weight excluding hydrogens is 188 g/mol. The molecule has 0 spiro atoms. The number of ether oxygens (including phenoxy) is 1. The summed E-state index contributed by atoms with van der Waals surface area (Å²) in [5.41, 5.74) is 0. The molecule has 0 bridgehead atoms. The first-order valence-electron chi connectivity index (χ1n) is 6.33. The number of hydrogen-bond acceptors (Lipinski definition) is 3. The molecule has 0 aromatic heterocycles. The van der Waals surface area contributed by atoms with Crippen LogP contribution in [0.25, 0.3) is 0 Å². The predicted molar refractivity (Wildman–Crippen MR) is 62.1 cm³/mol. The summed E-state index contributed by atoms with van der Waals surface area (Å²) in [5, 5.41) is 3.62. The standard InChI is InChI=1S/C12H24N2O/c1-15-10-11-5-7-14(8-11)9-12-4-2-3-6-13-12/h11-13H,2-10H2,1H3. The highest BCUT2D eigenvalue weighted by atomic mass is 16.5. The molecular formula is C12H24N2O. The zero-order valence-corrected chi connectivity index (χ0v) is 9.87. The van der Waals surface area contributed by atoms with Crippen LogP contribution < -0.4 is 5.32 Å². The molecule has 88 valence electrons. The summed E-state index contributed by atoms with van der Waals surface area (Å²) >= 11 is 0. The summed E-state index contributed by atoms with van der Waals surface area (Å²) in [6, 6.07) is 0.750. The number of nitrogens with zero attached hydrogens (tertiary/aromatic N) is 1. The van der Waals surface area contributed by atoms with Crippen LogP contribution >= 0.6 is 0 Å². The molecule has 0 aromatic rings. The largest absolute Gasteiger partial charge is 0.384 e. The van der Waals surface area contributed by atoms with Crippen LogP contribution in [-0.4, -0.2) is 50.8 Å². The van der Waals surface area contributed by atoms with Crippen molar-refractivity contribution in [3.63, 3.8) is 0 Å². The van der Waals surface area contributed by atoms with Crippen molar-refractivity contribution in [2.75, 3.05) is 39.9 Å². The van der Waals surface area contributed by atoms with Gasteiger partial charge in [-0.2, -0.15) is 0 Å². The van der Waals surface area contributed by atoms with Crippen LogP contribution in [0.15, 0.2) is 0 Å². The van der Waals surface area contributed by atoms with Gasteiger partial charge in [-0.15, -0.1) is 0 Å². The topological polar surface area (TPSA) is 24.5 Å². The number of hydrogen-bond donors (Lipinski definition) is 1. The first-order chi connectivity index (χ1) is 7.38. The highest BCUT2D eigenvalue weighted by molar-refractivity contribution is 4.81. The van der Waals surface area contributed by atoms with Gasteiger partial charge in [0.05, 0.1) is 6.61 Å². The van der Waals surface area contributed by atoms with E-state index >= 15 is 0 Å². The Morgan fingerprint density at radius 2 is 2.27 bits per heavy atom. The molecule has 0 aromatic carbocycles. The summed E-state index contributed by atoms with van der Waals surface area (Å²) in [6.45, 7) is 5.92. The maximum atomic E-state index is 5.22. The Balaban J connectivity index is 1.67. The second kappa shape index (κ2) is 5.83. The third kappa shape index (κ3) is 3.44. The Bertz CT molecular complexity index is 180. The van der Waals surface area contributed by atoms with Crippen molar-refractivity contribution < 1.29 is 4.74 Å². The van der Waals surface area contributed by atoms with Gasteiger partial charge in [-0.3, -0.25) is 0 Å². The van der Waals surface area contributed by atoms with E-state index in [1.807, 2.05) is 7.11 Å². The van der Waals surface area contributed by atoms with Crippen molar-refractivity contribution in [1.29, 1.82) is 0 Å². The second-order valence-corrected chi connectivity index (χ2v) is 5.02. The van der Waals surface area contributed by atoms with E-state index in [0.717, 1.165) is 18.6 Å². The molecule has 3 heteroatoms. The SMILES string of the molecule is COCC1CCN(CC2CCCCN2)C1. The number of likely N-dealkylation sites (tertiary alicyclic amines) is 1. The lowest BCUT2D eigenvalue weighted by Gasteiger charge is -2.28. The van der Waals surface area contributed by atoms with E-state index in [2.05, 4.69) is 10.2 Å². The number of methoxy groups -OCH3 is 1. The minimum absolute atomic E-state index is 0.750. The number of piperidine rings is 1. The molecule has 2 unspecified atom stereocenters. The third-order valence-electron chi connectivity index (χ3n) is 3.66. The van der Waals surface area contributed by atoms with E-state index in [1.54, 1.807) is 0 Å². The fourth-order valence-electron chi connectivity index (χ4n) is 2.84. The lowest BCUT2D eigenvalue weighted by Crippen LogP contribution is -2.43. The average molecular weight is 212 g/mol. The maximum Gasteiger partial charge on any atom is 0.0503 e. The maximum absolute atomic E-state index is 5.22. The van der Waals surface area contributed by atoms with Crippen LogP contribution in [0.2, 0.25) is 0 Å². The van der Waals surface area contributed by atoms with Crippen molar-refractivity contribution >= 4 is 0 Å². The highest BCUT2D eigenvalue weighted by Gasteiger charge is 2.24. The number of nitrogens with one attached hydrogen (secondary N) is 1. The lowest BCUT2D eigenvalue weighted by atomic mass is 10.0. The summed E-state index contributed by atoms with van der Waals surface area (Å²) in [5.74, 6) is 0.776. The van der Waals surface area contributed by atoms with Crippen molar-refractivity contribution in [2.24, 2.45) is 5.92 Å². The Hall–Kier alpha value is -0.120. The molecule has 0 radical (unpaired) electrons. The third-order valence-corrected chi connectivity index (χ3v) is 3.66. The molecule has 0 amide bonds. The smallest absolute Gasteiger partial charge is 0.0503 e. The van der Waals surface area contributed by atoms with Crippen LogP contribution in [0, 0.1) is 5.92 Å². The Morgan fingerprint density at radius 1 is 1.33 bits per heavy atom. The van der Waals surface area contributed by atoms with Crippen molar-refractivity contribution in [2.45, 2.75) is 31.7 Å². The highest BCUT2D eigenvalue weighted by Crippen LogP contribution is 2.18. The monoisotopic (exact) mass is 212 g/mol. The van der Waals surface area contributed by atoms with Gasteiger partial charge in [0.15, 0.2) is 0 Å². The molecule has 15 heavy (non-hydrogen) atoms. The summed E-state index contributed by atoms with van der Waals surface area (Å²) in [7, 11) is 1.81. The normalized spacial score (nSPS) is 33.4. The number of rotatable bonds is 4. The summed E-state index contributed by atoms with van der Waals surface area (Å²) < 4.78 is 5.22. The summed E-state index contributed by atoms with van der Waals surface area (Å²) in [4.78, 5) is 2.60. The average Bonchev–Trinajstić information content (AvgIpc) is 2.68. The Morgan fingerprint density at radius 3 is 3.00 bits per heavy atom. The van der Waals surface area contributed by atoms with Crippen molar-refractivity contribution in [3.8, 4) is 0 Å². The van der Waals surface area contributed by atoms with E-state index in [9.17, 15) is 0 Å². The quantitative estimate of drug-likeness (QED) is 0.755. The van der Waals surface area contributed by atoms with Crippen LogP contribution in [0.3, 0.4) is 0 Å². The Labute approximate surface area is 93.2 Å². The van der Waals surface area contributed by atoms with E-state index in [0.29, 0.717) is 0 Å². The molecule has 2 saturated heterocycles. The van der Waals surface area contributed by atoms with Crippen molar-refractivity contribution in [3.05, 3.63) is 0 Å². The minimum Gasteiger partial charge on any atom is -0.384 e. The second-order valence-electron chi connectivity index (χ2n) is 5.02. The molecule has 3 nitrogen and oxygen atoms in total. The van der Waals surface area contributed by atoms with Gasteiger partial charge in [-0.05, 0) is 38.3 Å². The van der Waals surface area contributed by atoms with Gasteiger partial charge in [-0.25, -0.2) is 0 Å². The van der Waals surface area contributed by atoms with Gasteiger partial charge >= 0.3 is 0 Å².